The number of rotatable bonds is 4. The van der Waals surface area contributed by atoms with Gasteiger partial charge < -0.3 is 15.2 Å². The average Bonchev–Trinajstić information content (AvgIpc) is 3.19. The molecule has 0 aliphatic carbocycles. The molecule has 2 aromatic rings. The van der Waals surface area contributed by atoms with Crippen LogP contribution in [0.25, 0.3) is 0 Å². The Morgan fingerprint density at radius 3 is 2.96 bits per heavy atom. The van der Waals surface area contributed by atoms with Gasteiger partial charge in [-0.1, -0.05) is 11.6 Å². The van der Waals surface area contributed by atoms with Gasteiger partial charge in [0, 0.05) is 12.0 Å². The Balaban J connectivity index is 1.78. The van der Waals surface area contributed by atoms with Crippen molar-refractivity contribution >= 4 is 28.9 Å². The van der Waals surface area contributed by atoms with Crippen molar-refractivity contribution in [2.45, 2.75) is 25.9 Å². The van der Waals surface area contributed by atoms with E-state index in [1.807, 2.05) is 0 Å². The molecule has 0 bridgehead atoms. The molecule has 7 heteroatoms. The fourth-order valence-electron chi connectivity index (χ4n) is 2.44. The maximum Gasteiger partial charge on any atom is 0.337 e. The molecule has 1 saturated heterocycles. The van der Waals surface area contributed by atoms with E-state index in [0.29, 0.717) is 0 Å². The van der Waals surface area contributed by atoms with Crippen molar-refractivity contribution in [3.63, 3.8) is 0 Å². The molecule has 120 valence electrons. The average molecular weight is 332 g/mol. The van der Waals surface area contributed by atoms with Crippen molar-refractivity contribution in [3.8, 4) is 0 Å². The summed E-state index contributed by atoms with van der Waals surface area (Å²) in [5.74, 6) is -1.50. The van der Waals surface area contributed by atoms with E-state index in [4.69, 9.17) is 4.74 Å². The molecule has 1 aromatic heterocycles. The minimum atomic E-state index is -1.08. The van der Waals surface area contributed by atoms with E-state index in [2.05, 4.69) is 10.3 Å². The second-order valence-electron chi connectivity index (χ2n) is 5.38. The number of nitrogens with one attached hydrogen (secondary N) is 1. The first kappa shape index (κ1) is 15.6. The van der Waals surface area contributed by atoms with Crippen molar-refractivity contribution in [1.82, 2.24) is 4.98 Å². The van der Waals surface area contributed by atoms with E-state index < -0.39 is 11.9 Å². The van der Waals surface area contributed by atoms with Crippen molar-refractivity contribution in [1.29, 1.82) is 0 Å². The van der Waals surface area contributed by atoms with E-state index in [9.17, 15) is 14.7 Å². The van der Waals surface area contributed by atoms with E-state index in [0.717, 1.165) is 30.0 Å². The summed E-state index contributed by atoms with van der Waals surface area (Å²) in [7, 11) is 0. The molecule has 2 heterocycles. The van der Waals surface area contributed by atoms with Crippen molar-refractivity contribution in [2.24, 2.45) is 0 Å². The normalized spacial score (nSPS) is 17.2. The highest BCUT2D eigenvalue weighted by atomic mass is 32.1. The highest BCUT2D eigenvalue weighted by Gasteiger charge is 2.23. The fraction of sp³-hybridized carbons (Fsp3) is 0.312. The van der Waals surface area contributed by atoms with Crippen LogP contribution in [0.4, 0.5) is 5.69 Å². The number of anilines is 1. The summed E-state index contributed by atoms with van der Waals surface area (Å²) < 4.78 is 5.55. The zero-order valence-electron chi connectivity index (χ0n) is 12.5. The van der Waals surface area contributed by atoms with Crippen LogP contribution >= 0.6 is 11.3 Å². The SMILES string of the molecule is Cc1ccc(NC(=O)c2csc(C3CCCO3)n2)c(C(=O)O)c1. The molecule has 0 saturated carbocycles. The quantitative estimate of drug-likeness (QED) is 0.897. The summed E-state index contributed by atoms with van der Waals surface area (Å²) in [4.78, 5) is 27.9. The molecular weight excluding hydrogens is 316 g/mol. The molecule has 3 rings (SSSR count). The fourth-order valence-corrected chi connectivity index (χ4v) is 3.32. The lowest BCUT2D eigenvalue weighted by atomic mass is 10.1. The Kier molecular flexibility index (Phi) is 4.40. The van der Waals surface area contributed by atoms with Gasteiger partial charge in [0.1, 0.15) is 16.8 Å². The Morgan fingerprint density at radius 1 is 1.43 bits per heavy atom. The second-order valence-corrected chi connectivity index (χ2v) is 6.27. The lowest BCUT2D eigenvalue weighted by Crippen LogP contribution is -2.15. The van der Waals surface area contributed by atoms with Crippen LogP contribution in [0.15, 0.2) is 23.6 Å². The summed E-state index contributed by atoms with van der Waals surface area (Å²) in [6, 6.07) is 4.86. The lowest BCUT2D eigenvalue weighted by Gasteiger charge is -2.08. The maximum absolute atomic E-state index is 12.3. The van der Waals surface area contributed by atoms with Crippen LogP contribution in [-0.4, -0.2) is 28.6 Å². The monoisotopic (exact) mass is 332 g/mol. The topological polar surface area (TPSA) is 88.5 Å². The molecule has 1 aliphatic heterocycles. The largest absolute Gasteiger partial charge is 0.478 e. The van der Waals surface area contributed by atoms with Gasteiger partial charge >= 0.3 is 5.97 Å². The van der Waals surface area contributed by atoms with Gasteiger partial charge in [-0.2, -0.15) is 0 Å². The number of carbonyl (C=O) groups excluding carboxylic acids is 1. The van der Waals surface area contributed by atoms with Gasteiger partial charge in [0.05, 0.1) is 11.3 Å². The molecule has 1 fully saturated rings. The molecule has 0 spiro atoms. The highest BCUT2D eigenvalue weighted by molar-refractivity contribution is 7.09. The Labute approximate surface area is 137 Å². The second kappa shape index (κ2) is 6.47. The van der Waals surface area contributed by atoms with Gasteiger partial charge in [-0.25, -0.2) is 9.78 Å². The first-order valence-corrected chi connectivity index (χ1v) is 8.15. The Bertz CT molecular complexity index is 750. The number of thiazole rings is 1. The Morgan fingerprint density at radius 2 is 2.26 bits per heavy atom. The van der Waals surface area contributed by atoms with E-state index in [1.54, 1.807) is 24.4 Å². The number of carbonyl (C=O) groups is 2. The number of aromatic nitrogens is 1. The number of hydrogen-bond acceptors (Lipinski definition) is 5. The van der Waals surface area contributed by atoms with Gasteiger partial charge in [0.25, 0.3) is 5.91 Å². The molecule has 2 N–H and O–H groups in total. The third kappa shape index (κ3) is 3.40. The van der Waals surface area contributed by atoms with Gasteiger partial charge in [0.2, 0.25) is 0 Å². The Hall–Kier alpha value is -2.25. The van der Waals surface area contributed by atoms with Crippen molar-refractivity contribution in [3.05, 3.63) is 45.4 Å². The van der Waals surface area contributed by atoms with Crippen LogP contribution in [0.5, 0.6) is 0 Å². The van der Waals surface area contributed by atoms with Crippen LogP contribution in [0.1, 0.15) is 50.4 Å². The number of carboxylic acids is 1. The molecule has 0 radical (unpaired) electrons. The minimum absolute atomic E-state index is 0.0319. The summed E-state index contributed by atoms with van der Waals surface area (Å²) >= 11 is 1.39. The molecule has 1 unspecified atom stereocenters. The summed E-state index contributed by atoms with van der Waals surface area (Å²) in [6.07, 6.45) is 1.88. The molecule has 6 nitrogen and oxygen atoms in total. The molecule has 1 atom stereocenters. The molecule has 23 heavy (non-hydrogen) atoms. The number of hydrogen-bond donors (Lipinski definition) is 2. The number of ether oxygens (including phenoxy) is 1. The number of aromatic carboxylic acids is 1. The number of amides is 1. The van der Waals surface area contributed by atoms with Crippen LogP contribution in [-0.2, 0) is 4.74 Å². The molecular formula is C16H16N2O4S. The zero-order chi connectivity index (χ0) is 16.4. The van der Waals surface area contributed by atoms with Crippen LogP contribution in [0, 0.1) is 6.92 Å². The number of carboxylic acid groups (broad SMARTS) is 1. The summed E-state index contributed by atoms with van der Waals surface area (Å²) in [5.41, 5.74) is 1.42. The molecule has 1 aliphatic rings. The number of benzene rings is 1. The van der Waals surface area contributed by atoms with Crippen LogP contribution < -0.4 is 5.32 Å². The lowest BCUT2D eigenvalue weighted by molar-refractivity contribution is 0.0698. The number of nitrogens with zero attached hydrogens (tertiary/aromatic N) is 1. The number of aryl methyl sites for hydroxylation is 1. The highest BCUT2D eigenvalue weighted by Crippen LogP contribution is 2.30. The van der Waals surface area contributed by atoms with E-state index >= 15 is 0 Å². The van der Waals surface area contributed by atoms with E-state index in [1.165, 1.54) is 17.4 Å². The predicted octanol–water partition coefficient (Wildman–Crippen LogP) is 3.25. The van der Waals surface area contributed by atoms with Gasteiger partial charge in [0.15, 0.2) is 0 Å². The van der Waals surface area contributed by atoms with Crippen molar-refractivity contribution in [2.75, 3.05) is 11.9 Å². The summed E-state index contributed by atoms with van der Waals surface area (Å²) in [5, 5.41) is 14.3. The smallest absolute Gasteiger partial charge is 0.337 e. The third-order valence-electron chi connectivity index (χ3n) is 3.61. The van der Waals surface area contributed by atoms with Gasteiger partial charge in [-0.15, -0.1) is 11.3 Å². The standard InChI is InChI=1S/C16H16N2O4S/c1-9-4-5-11(10(7-9)16(20)21)17-14(19)12-8-23-15(18-12)13-3-2-6-22-13/h4-5,7-8,13H,2-3,6H2,1H3,(H,17,19)(H,20,21). The van der Waals surface area contributed by atoms with Crippen LogP contribution in [0.3, 0.4) is 0 Å². The van der Waals surface area contributed by atoms with Gasteiger partial charge in [-0.3, -0.25) is 4.79 Å². The first-order chi connectivity index (χ1) is 11.0. The third-order valence-corrected chi connectivity index (χ3v) is 4.55. The first-order valence-electron chi connectivity index (χ1n) is 7.27. The van der Waals surface area contributed by atoms with Gasteiger partial charge in [-0.05, 0) is 31.9 Å². The zero-order valence-corrected chi connectivity index (χ0v) is 13.4. The molecule has 1 aromatic carbocycles. The van der Waals surface area contributed by atoms with E-state index in [-0.39, 0.29) is 23.0 Å². The summed E-state index contributed by atoms with van der Waals surface area (Å²) in [6.45, 7) is 2.52. The maximum atomic E-state index is 12.3. The van der Waals surface area contributed by atoms with Crippen LogP contribution in [0.2, 0.25) is 0 Å². The predicted molar refractivity (Wildman–Crippen MR) is 86.1 cm³/mol. The van der Waals surface area contributed by atoms with Crippen molar-refractivity contribution < 1.29 is 19.4 Å². The minimum Gasteiger partial charge on any atom is -0.478 e. The molecule has 1 amide bonds.